The third-order valence-corrected chi connectivity index (χ3v) is 3.67. The molecule has 4 nitrogen and oxygen atoms in total. The van der Waals surface area contributed by atoms with Crippen LogP contribution in [-0.2, 0) is 11.2 Å². The molecule has 2 rings (SSSR count). The number of fused-ring (bicyclic) bond motifs is 1. The van der Waals surface area contributed by atoms with Crippen molar-refractivity contribution in [1.29, 1.82) is 0 Å². The molecule has 0 aliphatic carbocycles. The van der Waals surface area contributed by atoms with Crippen molar-refractivity contribution in [2.75, 3.05) is 12.0 Å². The van der Waals surface area contributed by atoms with Gasteiger partial charge in [-0.2, -0.15) is 11.8 Å². The van der Waals surface area contributed by atoms with Crippen molar-refractivity contribution in [3.63, 3.8) is 0 Å². The zero-order chi connectivity index (χ0) is 14.5. The van der Waals surface area contributed by atoms with E-state index in [9.17, 15) is 9.82 Å². The molecule has 0 aliphatic heterocycles. The normalized spacial score (nSPS) is 12.3. The number of hydrogen-bond acceptors (Lipinski definition) is 4. The van der Waals surface area contributed by atoms with E-state index in [4.69, 9.17) is 4.42 Å². The maximum atomic E-state index is 11.6. The van der Waals surface area contributed by atoms with E-state index in [-0.39, 0.29) is 5.91 Å². The van der Waals surface area contributed by atoms with Gasteiger partial charge in [0.25, 0.3) is 0 Å². The molecule has 0 aliphatic rings. The molecule has 1 aromatic carbocycles. The summed E-state index contributed by atoms with van der Waals surface area (Å²) in [6, 6.07) is 5.95. The number of carbonyl (C=O) groups excluding carboxylic acids is 1. The first kappa shape index (κ1) is 15.0. The summed E-state index contributed by atoms with van der Waals surface area (Å²) >= 11 is 1.45. The Morgan fingerprint density at radius 3 is 3.05 bits per heavy atom. The molecular weight excluding hydrogens is 273 g/mol. The molecule has 1 heterocycles. The van der Waals surface area contributed by atoms with E-state index in [0.717, 1.165) is 29.6 Å². The molecule has 1 aromatic heterocycles. The highest BCUT2D eigenvalue weighted by Gasteiger charge is 2.17. The van der Waals surface area contributed by atoms with Crippen LogP contribution < -0.4 is 5.32 Å². The highest BCUT2D eigenvalue weighted by atomic mass is 32.2. The Bertz CT molecular complexity index is 599. The number of hydrogen-bond donors (Lipinski definition) is 2. The Morgan fingerprint density at radius 2 is 2.35 bits per heavy atom. The van der Waals surface area contributed by atoms with Crippen LogP contribution in [0.5, 0.6) is 0 Å². The first-order chi connectivity index (χ1) is 9.65. The van der Waals surface area contributed by atoms with Gasteiger partial charge in [-0.15, -0.1) is 0 Å². The summed E-state index contributed by atoms with van der Waals surface area (Å²) in [6.07, 6.45) is 4.06. The van der Waals surface area contributed by atoms with Gasteiger partial charge in [0.1, 0.15) is 5.58 Å². The Kier molecular flexibility index (Phi) is 5.14. The highest BCUT2D eigenvalue weighted by molar-refractivity contribution is 7.99. The maximum absolute atomic E-state index is 11.6. The lowest BCUT2D eigenvalue weighted by molar-refractivity contribution is -0.118. The molecule has 1 radical (unpaired) electrons. The largest absolute Gasteiger partial charge is 0.464 e. The van der Waals surface area contributed by atoms with Crippen LogP contribution in [0.2, 0.25) is 0 Å². The lowest BCUT2D eigenvalue weighted by Crippen LogP contribution is -2.41. The van der Waals surface area contributed by atoms with Gasteiger partial charge in [0, 0.05) is 11.3 Å². The Hall–Kier alpha value is -1.40. The van der Waals surface area contributed by atoms with E-state index in [1.165, 1.54) is 11.8 Å². The van der Waals surface area contributed by atoms with E-state index >= 15 is 0 Å². The number of para-hydroxylation sites is 1. The number of carbonyl (C=O) groups is 1. The Morgan fingerprint density at radius 1 is 1.55 bits per heavy atom. The van der Waals surface area contributed by atoms with Gasteiger partial charge < -0.3 is 14.8 Å². The second kappa shape index (κ2) is 6.86. The van der Waals surface area contributed by atoms with Crippen LogP contribution in [0.25, 0.3) is 11.0 Å². The smallest absolute Gasteiger partial charge is 0.312 e. The molecule has 2 N–H and O–H groups in total. The molecule has 0 spiro atoms. The molecule has 1 atom stereocenters. The molecule has 1 amide bonds. The van der Waals surface area contributed by atoms with Gasteiger partial charge in [0.15, 0.2) is 0 Å². The minimum absolute atomic E-state index is 0.0863. The van der Waals surface area contributed by atoms with Gasteiger partial charge in [-0.25, -0.2) is 0 Å². The zero-order valence-electron chi connectivity index (χ0n) is 11.6. The lowest BCUT2D eigenvalue weighted by Gasteiger charge is -2.14. The zero-order valence-corrected chi connectivity index (χ0v) is 12.4. The van der Waals surface area contributed by atoms with Gasteiger partial charge in [0.2, 0.25) is 5.91 Å². The summed E-state index contributed by atoms with van der Waals surface area (Å²) in [5.41, 5.74) is 2.91. The minimum atomic E-state index is -0.407. The molecule has 0 unspecified atom stereocenters. The predicted molar refractivity (Wildman–Crippen MR) is 82.9 cm³/mol. The van der Waals surface area contributed by atoms with Crippen molar-refractivity contribution < 1.29 is 14.2 Å². The molecular formula is C14H17BNO3S. The molecule has 2 aromatic rings. The topological polar surface area (TPSA) is 62.5 Å². The highest BCUT2D eigenvalue weighted by Crippen LogP contribution is 2.24. The van der Waals surface area contributed by atoms with Crippen LogP contribution in [0.1, 0.15) is 11.1 Å². The molecule has 6 heteroatoms. The van der Waals surface area contributed by atoms with Crippen LogP contribution >= 0.6 is 11.8 Å². The number of aryl methyl sites for hydroxylation is 1. The van der Waals surface area contributed by atoms with E-state index in [1.807, 2.05) is 31.4 Å². The third-order valence-electron chi connectivity index (χ3n) is 3.12. The predicted octanol–water partition coefficient (Wildman–Crippen LogP) is 1.70. The Balaban J connectivity index is 2.13. The molecule has 105 valence electrons. The molecule has 0 fully saturated rings. The fourth-order valence-corrected chi connectivity index (χ4v) is 2.52. The SMILES string of the molecule is CSCC(=O)N[C@@H]([B]O)Cc1coc2c(C)cccc12. The van der Waals surface area contributed by atoms with Crippen molar-refractivity contribution in [3.05, 3.63) is 35.6 Å². The second-order valence-electron chi connectivity index (χ2n) is 4.67. The lowest BCUT2D eigenvalue weighted by atomic mass is 9.83. The van der Waals surface area contributed by atoms with Gasteiger partial charge >= 0.3 is 7.48 Å². The second-order valence-corrected chi connectivity index (χ2v) is 5.54. The average molecular weight is 290 g/mol. The number of thioether (sulfide) groups is 1. The summed E-state index contributed by atoms with van der Waals surface area (Å²) in [7, 11) is 1.02. The van der Waals surface area contributed by atoms with Crippen LogP contribution in [-0.4, -0.2) is 36.4 Å². The third kappa shape index (κ3) is 3.38. The molecule has 20 heavy (non-hydrogen) atoms. The first-order valence-corrected chi connectivity index (χ1v) is 7.76. The van der Waals surface area contributed by atoms with Crippen molar-refractivity contribution in [1.82, 2.24) is 5.32 Å². The fraction of sp³-hybridized carbons (Fsp3) is 0.357. The summed E-state index contributed by atoms with van der Waals surface area (Å²) in [6.45, 7) is 1.99. The minimum Gasteiger partial charge on any atom is -0.464 e. The van der Waals surface area contributed by atoms with Crippen LogP contribution in [0.4, 0.5) is 0 Å². The summed E-state index contributed by atoms with van der Waals surface area (Å²) < 4.78 is 5.57. The number of amides is 1. The quantitative estimate of drug-likeness (QED) is 0.795. The van der Waals surface area contributed by atoms with Crippen molar-refractivity contribution in [2.24, 2.45) is 0 Å². The summed E-state index contributed by atoms with van der Waals surface area (Å²) in [5, 5.41) is 13.1. The van der Waals surface area contributed by atoms with Crippen LogP contribution in [0.15, 0.2) is 28.9 Å². The number of furan rings is 1. The van der Waals surface area contributed by atoms with Crippen molar-refractivity contribution in [2.45, 2.75) is 19.3 Å². The van der Waals surface area contributed by atoms with E-state index < -0.39 is 5.94 Å². The molecule has 0 bridgehead atoms. The van der Waals surface area contributed by atoms with Gasteiger partial charge in [-0.1, -0.05) is 18.2 Å². The van der Waals surface area contributed by atoms with Gasteiger partial charge in [-0.05, 0) is 30.7 Å². The summed E-state index contributed by atoms with van der Waals surface area (Å²) in [5.74, 6) is -0.108. The standard InChI is InChI=1S/C14H17BNO3S/c1-9-4-3-5-11-10(7-19-14(9)11)6-12(15-18)16-13(17)8-20-2/h3-5,7,12,18H,6,8H2,1-2H3,(H,16,17)/t12-/m1/s1. The van der Waals surface area contributed by atoms with Crippen LogP contribution in [0.3, 0.4) is 0 Å². The van der Waals surface area contributed by atoms with Crippen molar-refractivity contribution >= 4 is 36.1 Å². The molecule has 0 saturated carbocycles. The van der Waals surface area contributed by atoms with Gasteiger partial charge in [0.05, 0.1) is 12.0 Å². The van der Waals surface area contributed by atoms with Crippen molar-refractivity contribution in [3.8, 4) is 0 Å². The monoisotopic (exact) mass is 290 g/mol. The summed E-state index contributed by atoms with van der Waals surface area (Å²) in [4.78, 5) is 11.6. The Labute approximate surface area is 123 Å². The number of benzene rings is 1. The average Bonchev–Trinajstić information content (AvgIpc) is 2.83. The van der Waals surface area contributed by atoms with E-state index in [2.05, 4.69) is 5.32 Å². The van der Waals surface area contributed by atoms with Crippen LogP contribution in [0, 0.1) is 6.92 Å². The van der Waals surface area contributed by atoms with Gasteiger partial charge in [-0.3, -0.25) is 4.79 Å². The van der Waals surface area contributed by atoms with E-state index in [0.29, 0.717) is 12.2 Å². The molecule has 0 saturated heterocycles. The maximum Gasteiger partial charge on any atom is 0.312 e. The fourth-order valence-electron chi connectivity index (χ4n) is 2.17. The number of rotatable bonds is 6. The van der Waals surface area contributed by atoms with E-state index in [1.54, 1.807) is 6.26 Å². The number of nitrogens with one attached hydrogen (secondary N) is 1. The first-order valence-electron chi connectivity index (χ1n) is 6.37.